The lowest BCUT2D eigenvalue weighted by atomic mass is 10.2. The molecule has 4 heteroatoms. The molecule has 1 saturated carbocycles. The smallest absolute Gasteiger partial charge is 0.124 e. The van der Waals surface area contributed by atoms with E-state index >= 15 is 0 Å². The summed E-state index contributed by atoms with van der Waals surface area (Å²) in [4.78, 5) is 0. The van der Waals surface area contributed by atoms with E-state index in [-0.39, 0.29) is 0 Å². The van der Waals surface area contributed by atoms with Crippen LogP contribution in [-0.4, -0.2) is 31.3 Å². The molecule has 3 nitrogen and oxygen atoms in total. The van der Waals surface area contributed by atoms with Crippen molar-refractivity contribution < 1.29 is 9.47 Å². The SMILES string of the molecule is CCSCCOc1ccc(OC)cc1CNC1CC1. The van der Waals surface area contributed by atoms with Crippen molar-refractivity contribution in [2.24, 2.45) is 0 Å². The van der Waals surface area contributed by atoms with Crippen LogP contribution in [0.2, 0.25) is 0 Å². The van der Waals surface area contributed by atoms with E-state index in [1.165, 1.54) is 18.4 Å². The molecule has 106 valence electrons. The minimum absolute atomic E-state index is 0.703. The van der Waals surface area contributed by atoms with Gasteiger partial charge in [-0.1, -0.05) is 6.92 Å². The second kappa shape index (κ2) is 7.65. The van der Waals surface area contributed by atoms with Crippen LogP contribution in [0.5, 0.6) is 11.5 Å². The fraction of sp³-hybridized carbons (Fsp3) is 0.600. The lowest BCUT2D eigenvalue weighted by Crippen LogP contribution is -2.16. The van der Waals surface area contributed by atoms with E-state index in [2.05, 4.69) is 18.3 Å². The largest absolute Gasteiger partial charge is 0.497 e. The predicted octanol–water partition coefficient (Wildman–Crippen LogP) is 3.08. The number of hydrogen-bond donors (Lipinski definition) is 1. The highest BCUT2D eigenvalue weighted by Gasteiger charge is 2.20. The standard InChI is InChI=1S/C15H23NO2S/c1-3-19-9-8-18-15-7-6-14(17-2)10-12(15)11-16-13-4-5-13/h6-7,10,13,16H,3-5,8-9,11H2,1-2H3. The maximum Gasteiger partial charge on any atom is 0.124 e. The van der Waals surface area contributed by atoms with Gasteiger partial charge in [-0.2, -0.15) is 11.8 Å². The molecule has 19 heavy (non-hydrogen) atoms. The van der Waals surface area contributed by atoms with E-state index in [4.69, 9.17) is 9.47 Å². The minimum atomic E-state index is 0.703. The zero-order chi connectivity index (χ0) is 13.5. The highest BCUT2D eigenvalue weighted by molar-refractivity contribution is 7.99. The molecule has 0 saturated heterocycles. The van der Waals surface area contributed by atoms with Crippen LogP contribution in [0.15, 0.2) is 18.2 Å². The average molecular weight is 281 g/mol. The highest BCUT2D eigenvalue weighted by Crippen LogP contribution is 2.26. The summed E-state index contributed by atoms with van der Waals surface area (Å²) in [6.07, 6.45) is 2.60. The molecule has 0 aromatic heterocycles. The number of benzene rings is 1. The van der Waals surface area contributed by atoms with Crippen LogP contribution in [0.25, 0.3) is 0 Å². The number of ether oxygens (including phenoxy) is 2. The van der Waals surface area contributed by atoms with Gasteiger partial charge in [0.05, 0.1) is 13.7 Å². The number of hydrogen-bond acceptors (Lipinski definition) is 4. The number of nitrogens with one attached hydrogen (secondary N) is 1. The molecular weight excluding hydrogens is 258 g/mol. The van der Waals surface area contributed by atoms with Gasteiger partial charge >= 0.3 is 0 Å². The van der Waals surface area contributed by atoms with Crippen LogP contribution in [0.4, 0.5) is 0 Å². The van der Waals surface area contributed by atoms with Crippen LogP contribution in [0, 0.1) is 0 Å². The van der Waals surface area contributed by atoms with Crippen LogP contribution in [-0.2, 0) is 6.54 Å². The fourth-order valence-electron chi connectivity index (χ4n) is 1.86. The molecule has 0 radical (unpaired) electrons. The van der Waals surface area contributed by atoms with Gasteiger partial charge in [0.15, 0.2) is 0 Å². The lowest BCUT2D eigenvalue weighted by molar-refractivity contribution is 0.337. The first kappa shape index (κ1) is 14.5. The van der Waals surface area contributed by atoms with Crippen molar-refractivity contribution in [2.75, 3.05) is 25.2 Å². The summed E-state index contributed by atoms with van der Waals surface area (Å²) in [5, 5.41) is 3.53. The van der Waals surface area contributed by atoms with E-state index in [1.807, 2.05) is 23.9 Å². The Morgan fingerprint density at radius 1 is 1.37 bits per heavy atom. The molecular formula is C15H23NO2S. The quantitative estimate of drug-likeness (QED) is 0.705. The summed E-state index contributed by atoms with van der Waals surface area (Å²) in [5.74, 6) is 4.05. The second-order valence-corrected chi connectivity index (χ2v) is 6.07. The Morgan fingerprint density at radius 2 is 2.21 bits per heavy atom. The van der Waals surface area contributed by atoms with Gasteiger partial charge in [0.1, 0.15) is 11.5 Å². The zero-order valence-corrected chi connectivity index (χ0v) is 12.6. The van der Waals surface area contributed by atoms with Gasteiger partial charge in [-0.25, -0.2) is 0 Å². The maximum atomic E-state index is 5.88. The zero-order valence-electron chi connectivity index (χ0n) is 11.8. The van der Waals surface area contributed by atoms with E-state index in [0.29, 0.717) is 6.04 Å². The maximum absolute atomic E-state index is 5.88. The van der Waals surface area contributed by atoms with Crippen LogP contribution in [0.1, 0.15) is 25.3 Å². The summed E-state index contributed by atoms with van der Waals surface area (Å²) in [7, 11) is 1.70. The molecule has 0 aliphatic heterocycles. The van der Waals surface area contributed by atoms with Gasteiger partial charge < -0.3 is 14.8 Å². The first-order chi connectivity index (χ1) is 9.33. The topological polar surface area (TPSA) is 30.5 Å². The molecule has 0 unspecified atom stereocenters. The Balaban J connectivity index is 1.93. The second-order valence-electron chi connectivity index (χ2n) is 4.67. The van der Waals surface area contributed by atoms with E-state index in [9.17, 15) is 0 Å². The molecule has 1 aliphatic rings. The van der Waals surface area contributed by atoms with Crippen molar-refractivity contribution in [1.29, 1.82) is 0 Å². The molecule has 0 spiro atoms. The molecule has 1 aliphatic carbocycles. The first-order valence-corrected chi connectivity index (χ1v) is 8.09. The van der Waals surface area contributed by atoms with Crippen molar-refractivity contribution >= 4 is 11.8 Å². The lowest BCUT2D eigenvalue weighted by Gasteiger charge is -2.13. The molecule has 1 aromatic carbocycles. The van der Waals surface area contributed by atoms with Crippen LogP contribution in [0.3, 0.4) is 0 Å². The van der Waals surface area contributed by atoms with Crippen molar-refractivity contribution in [2.45, 2.75) is 32.4 Å². The van der Waals surface area contributed by atoms with Gasteiger partial charge in [0.2, 0.25) is 0 Å². The minimum Gasteiger partial charge on any atom is -0.497 e. The first-order valence-electron chi connectivity index (χ1n) is 6.94. The molecule has 0 amide bonds. The third-order valence-electron chi connectivity index (χ3n) is 3.12. The number of methoxy groups -OCH3 is 1. The van der Waals surface area contributed by atoms with Crippen molar-refractivity contribution in [3.05, 3.63) is 23.8 Å². The third kappa shape index (κ3) is 4.96. The Morgan fingerprint density at radius 3 is 2.89 bits per heavy atom. The summed E-state index contributed by atoms with van der Waals surface area (Å²) in [5.41, 5.74) is 1.19. The van der Waals surface area contributed by atoms with Gasteiger partial charge in [0.25, 0.3) is 0 Å². The molecule has 0 heterocycles. The van der Waals surface area contributed by atoms with E-state index in [1.54, 1.807) is 7.11 Å². The molecule has 2 rings (SSSR count). The molecule has 1 aromatic rings. The Hall–Kier alpha value is -0.870. The van der Waals surface area contributed by atoms with Gasteiger partial charge in [-0.05, 0) is 36.8 Å². The van der Waals surface area contributed by atoms with E-state index in [0.717, 1.165) is 36.2 Å². The van der Waals surface area contributed by atoms with Crippen molar-refractivity contribution in [3.8, 4) is 11.5 Å². The van der Waals surface area contributed by atoms with Crippen LogP contribution >= 0.6 is 11.8 Å². The monoisotopic (exact) mass is 281 g/mol. The average Bonchev–Trinajstić information content (AvgIpc) is 3.26. The highest BCUT2D eigenvalue weighted by atomic mass is 32.2. The Labute approximate surface area is 120 Å². The van der Waals surface area contributed by atoms with Gasteiger partial charge in [-0.15, -0.1) is 0 Å². The number of thioether (sulfide) groups is 1. The predicted molar refractivity (Wildman–Crippen MR) is 81.3 cm³/mol. The Bertz CT molecular complexity index is 394. The third-order valence-corrected chi connectivity index (χ3v) is 3.98. The molecule has 1 N–H and O–H groups in total. The van der Waals surface area contributed by atoms with Crippen molar-refractivity contribution in [1.82, 2.24) is 5.32 Å². The summed E-state index contributed by atoms with van der Waals surface area (Å²) in [6.45, 7) is 3.79. The summed E-state index contributed by atoms with van der Waals surface area (Å²) in [6, 6.07) is 6.75. The summed E-state index contributed by atoms with van der Waals surface area (Å²) >= 11 is 1.90. The van der Waals surface area contributed by atoms with E-state index < -0.39 is 0 Å². The van der Waals surface area contributed by atoms with Crippen LogP contribution < -0.4 is 14.8 Å². The normalized spacial score (nSPS) is 14.4. The number of rotatable bonds is 9. The molecule has 1 fully saturated rings. The fourth-order valence-corrected chi connectivity index (χ4v) is 2.35. The van der Waals surface area contributed by atoms with Crippen molar-refractivity contribution in [3.63, 3.8) is 0 Å². The Kier molecular flexibility index (Phi) is 5.86. The molecule has 0 atom stereocenters. The summed E-state index contributed by atoms with van der Waals surface area (Å²) < 4.78 is 11.2. The van der Waals surface area contributed by atoms with Gasteiger partial charge in [0, 0.05) is 23.9 Å². The van der Waals surface area contributed by atoms with Gasteiger partial charge in [-0.3, -0.25) is 0 Å². The molecule has 0 bridgehead atoms.